The fraction of sp³-hybridized carbons (Fsp3) is 0.0769. The molecule has 1 aromatic heterocycles. The number of aromatic nitrogens is 2. The maximum atomic E-state index is 12.7. The highest BCUT2D eigenvalue weighted by molar-refractivity contribution is 5.62. The van der Waals surface area contributed by atoms with E-state index in [4.69, 9.17) is 0 Å². The van der Waals surface area contributed by atoms with E-state index in [9.17, 15) is 4.39 Å². The Morgan fingerprint density at radius 2 is 1.94 bits per heavy atom. The standard InChI is InChI=1S/C13H11FN2/c1-10(14)8-11-2-4-12(5-3-11)13-6-7-15-9-16-13/h2-9H,1H3/b10-8-. The van der Waals surface area contributed by atoms with Gasteiger partial charge in [0.05, 0.1) is 11.5 Å². The second-order valence-corrected chi connectivity index (χ2v) is 3.45. The average Bonchev–Trinajstić information content (AvgIpc) is 2.30. The van der Waals surface area contributed by atoms with Gasteiger partial charge in [-0.15, -0.1) is 0 Å². The Bertz CT molecular complexity index is 485. The van der Waals surface area contributed by atoms with Crippen molar-refractivity contribution in [3.63, 3.8) is 0 Å². The Hall–Kier alpha value is -2.03. The van der Waals surface area contributed by atoms with E-state index in [0.717, 1.165) is 16.8 Å². The zero-order chi connectivity index (χ0) is 11.4. The molecule has 2 nitrogen and oxygen atoms in total. The molecule has 0 radical (unpaired) electrons. The minimum absolute atomic E-state index is 0.199. The number of nitrogens with zero attached hydrogens (tertiary/aromatic N) is 2. The molecule has 0 N–H and O–H groups in total. The minimum Gasteiger partial charge on any atom is -0.245 e. The number of hydrogen-bond donors (Lipinski definition) is 0. The van der Waals surface area contributed by atoms with Gasteiger partial charge in [-0.3, -0.25) is 0 Å². The zero-order valence-corrected chi connectivity index (χ0v) is 8.89. The van der Waals surface area contributed by atoms with Crippen LogP contribution in [0.3, 0.4) is 0 Å². The number of hydrogen-bond acceptors (Lipinski definition) is 2. The topological polar surface area (TPSA) is 25.8 Å². The van der Waals surface area contributed by atoms with Crippen LogP contribution in [0.4, 0.5) is 4.39 Å². The molecule has 1 aromatic carbocycles. The molecule has 0 unspecified atom stereocenters. The summed E-state index contributed by atoms with van der Waals surface area (Å²) in [6, 6.07) is 9.39. The fourth-order valence-electron chi connectivity index (χ4n) is 1.44. The lowest BCUT2D eigenvalue weighted by Gasteiger charge is -2.00. The summed E-state index contributed by atoms with van der Waals surface area (Å²) in [5, 5.41) is 0. The first kappa shape index (κ1) is 10.5. The fourth-order valence-corrected chi connectivity index (χ4v) is 1.44. The second kappa shape index (κ2) is 4.66. The van der Waals surface area contributed by atoms with Gasteiger partial charge in [0.2, 0.25) is 0 Å². The van der Waals surface area contributed by atoms with Crippen LogP contribution in [0.2, 0.25) is 0 Å². The van der Waals surface area contributed by atoms with E-state index >= 15 is 0 Å². The van der Waals surface area contributed by atoms with Gasteiger partial charge in [0.1, 0.15) is 6.33 Å². The largest absolute Gasteiger partial charge is 0.245 e. The number of halogens is 1. The predicted molar refractivity (Wildman–Crippen MR) is 62.2 cm³/mol. The van der Waals surface area contributed by atoms with Crippen molar-refractivity contribution in [3.8, 4) is 11.3 Å². The molecule has 0 amide bonds. The van der Waals surface area contributed by atoms with Crippen LogP contribution in [0.15, 0.2) is 48.7 Å². The lowest BCUT2D eigenvalue weighted by Crippen LogP contribution is -1.83. The first-order chi connectivity index (χ1) is 7.75. The van der Waals surface area contributed by atoms with E-state index in [1.165, 1.54) is 19.3 Å². The zero-order valence-electron chi connectivity index (χ0n) is 8.89. The number of benzene rings is 1. The van der Waals surface area contributed by atoms with Crippen molar-refractivity contribution in [3.05, 3.63) is 54.2 Å². The Morgan fingerprint density at radius 3 is 2.50 bits per heavy atom. The van der Waals surface area contributed by atoms with Crippen molar-refractivity contribution in [2.75, 3.05) is 0 Å². The van der Waals surface area contributed by atoms with E-state index < -0.39 is 0 Å². The third-order valence-corrected chi connectivity index (χ3v) is 2.15. The van der Waals surface area contributed by atoms with Gasteiger partial charge in [0.25, 0.3) is 0 Å². The molecule has 0 saturated heterocycles. The maximum Gasteiger partial charge on any atom is 0.116 e. The Kier molecular flexibility index (Phi) is 3.05. The SMILES string of the molecule is C/C(F)=C/c1ccc(-c2ccncn2)cc1. The third-order valence-electron chi connectivity index (χ3n) is 2.15. The van der Waals surface area contributed by atoms with Crippen molar-refractivity contribution in [1.82, 2.24) is 9.97 Å². The van der Waals surface area contributed by atoms with Crippen LogP contribution in [0.25, 0.3) is 17.3 Å². The molecular weight excluding hydrogens is 203 g/mol. The molecule has 0 aliphatic rings. The third kappa shape index (κ3) is 2.51. The van der Waals surface area contributed by atoms with Crippen LogP contribution in [0, 0.1) is 0 Å². The van der Waals surface area contributed by atoms with Gasteiger partial charge in [-0.1, -0.05) is 24.3 Å². The van der Waals surface area contributed by atoms with Crippen LogP contribution < -0.4 is 0 Å². The lowest BCUT2D eigenvalue weighted by atomic mass is 10.1. The number of rotatable bonds is 2. The van der Waals surface area contributed by atoms with Gasteiger partial charge in [0, 0.05) is 11.8 Å². The van der Waals surface area contributed by atoms with Gasteiger partial charge in [-0.25, -0.2) is 14.4 Å². The molecule has 2 aromatic rings. The van der Waals surface area contributed by atoms with E-state index in [1.54, 1.807) is 6.20 Å². The molecule has 16 heavy (non-hydrogen) atoms. The molecule has 0 saturated carbocycles. The monoisotopic (exact) mass is 214 g/mol. The molecule has 0 atom stereocenters. The quantitative estimate of drug-likeness (QED) is 0.764. The molecule has 0 spiro atoms. The molecule has 1 heterocycles. The summed E-state index contributed by atoms with van der Waals surface area (Å²) in [6.07, 6.45) is 4.69. The van der Waals surface area contributed by atoms with Gasteiger partial charge < -0.3 is 0 Å². The van der Waals surface area contributed by atoms with Crippen molar-refractivity contribution in [1.29, 1.82) is 0 Å². The van der Waals surface area contributed by atoms with E-state index in [2.05, 4.69) is 9.97 Å². The first-order valence-electron chi connectivity index (χ1n) is 4.96. The summed E-state index contributed by atoms with van der Waals surface area (Å²) in [5.74, 6) is -0.199. The van der Waals surface area contributed by atoms with Crippen LogP contribution in [0.5, 0.6) is 0 Å². The first-order valence-corrected chi connectivity index (χ1v) is 4.96. The summed E-state index contributed by atoms with van der Waals surface area (Å²) in [6.45, 7) is 1.43. The van der Waals surface area contributed by atoms with E-state index in [-0.39, 0.29) is 5.83 Å². The van der Waals surface area contributed by atoms with Crippen molar-refractivity contribution in [2.45, 2.75) is 6.92 Å². The Labute approximate surface area is 93.5 Å². The molecule has 0 bridgehead atoms. The van der Waals surface area contributed by atoms with E-state index in [0.29, 0.717) is 0 Å². The van der Waals surface area contributed by atoms with Crippen LogP contribution in [-0.4, -0.2) is 9.97 Å². The maximum absolute atomic E-state index is 12.7. The summed E-state index contributed by atoms with van der Waals surface area (Å²) in [5.41, 5.74) is 2.70. The van der Waals surface area contributed by atoms with Crippen LogP contribution in [-0.2, 0) is 0 Å². The summed E-state index contributed by atoms with van der Waals surface area (Å²) in [4.78, 5) is 8.00. The average molecular weight is 214 g/mol. The summed E-state index contributed by atoms with van der Waals surface area (Å²) in [7, 11) is 0. The molecule has 2 rings (SSSR count). The predicted octanol–water partition coefficient (Wildman–Crippen LogP) is 3.47. The smallest absolute Gasteiger partial charge is 0.116 e. The minimum atomic E-state index is -0.199. The Morgan fingerprint density at radius 1 is 1.19 bits per heavy atom. The normalized spacial score (nSPS) is 11.5. The van der Waals surface area contributed by atoms with Crippen molar-refractivity contribution in [2.24, 2.45) is 0 Å². The molecule has 0 aliphatic heterocycles. The van der Waals surface area contributed by atoms with Gasteiger partial charge in [-0.05, 0) is 24.6 Å². The Balaban J connectivity index is 2.30. The molecule has 3 heteroatoms. The molecular formula is C13H11FN2. The summed E-state index contributed by atoms with van der Waals surface area (Å²) < 4.78 is 12.7. The summed E-state index contributed by atoms with van der Waals surface area (Å²) >= 11 is 0. The van der Waals surface area contributed by atoms with Gasteiger partial charge in [-0.2, -0.15) is 0 Å². The highest BCUT2D eigenvalue weighted by Crippen LogP contribution is 2.17. The van der Waals surface area contributed by atoms with Crippen molar-refractivity contribution < 1.29 is 4.39 Å². The highest BCUT2D eigenvalue weighted by atomic mass is 19.1. The number of allylic oxidation sites excluding steroid dienone is 1. The second-order valence-electron chi connectivity index (χ2n) is 3.45. The van der Waals surface area contributed by atoms with Crippen LogP contribution >= 0.6 is 0 Å². The molecule has 0 fully saturated rings. The lowest BCUT2D eigenvalue weighted by molar-refractivity contribution is 0.648. The van der Waals surface area contributed by atoms with Gasteiger partial charge in [0.15, 0.2) is 0 Å². The van der Waals surface area contributed by atoms with Crippen LogP contribution in [0.1, 0.15) is 12.5 Å². The highest BCUT2D eigenvalue weighted by Gasteiger charge is 1.97. The molecule has 0 aliphatic carbocycles. The van der Waals surface area contributed by atoms with Gasteiger partial charge >= 0.3 is 0 Å². The van der Waals surface area contributed by atoms with E-state index in [1.807, 2.05) is 30.3 Å². The van der Waals surface area contributed by atoms with Crippen molar-refractivity contribution >= 4 is 6.08 Å². The molecule has 80 valence electrons.